The highest BCUT2D eigenvalue weighted by atomic mass is 16.6. The highest BCUT2D eigenvalue weighted by Crippen LogP contribution is 2.15. The predicted octanol–water partition coefficient (Wildman–Crippen LogP) is 0.0445. The first-order valence-corrected chi connectivity index (χ1v) is 4.04. The average molecular weight is 185 g/mol. The van der Waals surface area contributed by atoms with Crippen LogP contribution >= 0.6 is 0 Å². The van der Waals surface area contributed by atoms with Crippen molar-refractivity contribution >= 4 is 17.8 Å². The number of amides is 2. The maximum atomic E-state index is 11.1. The summed E-state index contributed by atoms with van der Waals surface area (Å²) in [6, 6.07) is 0. The lowest BCUT2D eigenvalue weighted by Crippen LogP contribution is -2.39. The van der Waals surface area contributed by atoms with Gasteiger partial charge in [-0.3, -0.25) is 14.4 Å². The summed E-state index contributed by atoms with van der Waals surface area (Å²) in [4.78, 5) is 33.8. The van der Waals surface area contributed by atoms with Gasteiger partial charge in [-0.15, -0.1) is 0 Å². The van der Waals surface area contributed by atoms with Gasteiger partial charge in [-0.05, 0) is 6.92 Å². The summed E-state index contributed by atoms with van der Waals surface area (Å²) in [5.41, 5.74) is 0. The third kappa shape index (κ3) is 2.05. The molecule has 0 N–H and O–H groups in total. The Hall–Kier alpha value is -1.39. The van der Waals surface area contributed by atoms with Gasteiger partial charge in [-0.2, -0.15) is 0 Å². The van der Waals surface area contributed by atoms with E-state index >= 15 is 0 Å². The van der Waals surface area contributed by atoms with Crippen LogP contribution in [0.5, 0.6) is 0 Å². The fourth-order valence-electron chi connectivity index (χ4n) is 1.29. The lowest BCUT2D eigenvalue weighted by Gasteiger charge is -2.21. The molecule has 1 fully saturated rings. The minimum absolute atomic E-state index is 0.213. The number of rotatable bonds is 2. The van der Waals surface area contributed by atoms with E-state index in [4.69, 9.17) is 4.74 Å². The van der Waals surface area contributed by atoms with Crippen molar-refractivity contribution in [1.29, 1.82) is 0 Å². The fraction of sp³-hybridized carbons (Fsp3) is 0.625. The average Bonchev–Trinajstić information content (AvgIpc) is 2.29. The number of carbonyl (C=O) groups excluding carboxylic acids is 3. The molecule has 1 unspecified atom stereocenters. The summed E-state index contributed by atoms with van der Waals surface area (Å²) >= 11 is 0. The molecule has 13 heavy (non-hydrogen) atoms. The molecule has 5 heteroatoms. The van der Waals surface area contributed by atoms with E-state index in [1.165, 1.54) is 13.8 Å². The van der Waals surface area contributed by atoms with Crippen LogP contribution in [0.15, 0.2) is 0 Å². The normalized spacial score (nSPS) is 19.1. The third-order valence-electron chi connectivity index (χ3n) is 1.79. The second kappa shape index (κ2) is 3.55. The number of esters is 1. The molecule has 1 rings (SSSR count). The zero-order valence-electron chi connectivity index (χ0n) is 7.57. The van der Waals surface area contributed by atoms with E-state index < -0.39 is 12.2 Å². The highest BCUT2D eigenvalue weighted by molar-refractivity contribution is 6.02. The van der Waals surface area contributed by atoms with Gasteiger partial charge < -0.3 is 4.74 Å². The van der Waals surface area contributed by atoms with Crippen molar-refractivity contribution in [2.24, 2.45) is 0 Å². The van der Waals surface area contributed by atoms with Crippen molar-refractivity contribution in [3.8, 4) is 0 Å². The Morgan fingerprint density at radius 1 is 1.38 bits per heavy atom. The smallest absolute Gasteiger partial charge is 0.304 e. The number of ether oxygens (including phenoxy) is 1. The molecule has 2 amide bonds. The molecule has 72 valence electrons. The lowest BCUT2D eigenvalue weighted by atomic mass is 10.4. The molecule has 0 bridgehead atoms. The van der Waals surface area contributed by atoms with Crippen molar-refractivity contribution in [3.05, 3.63) is 0 Å². The van der Waals surface area contributed by atoms with E-state index in [1.807, 2.05) is 0 Å². The molecule has 1 heterocycles. The van der Waals surface area contributed by atoms with Gasteiger partial charge in [-0.1, -0.05) is 0 Å². The number of nitrogens with zero attached hydrogens (tertiary/aromatic N) is 1. The largest absolute Gasteiger partial charge is 0.441 e. The van der Waals surface area contributed by atoms with Crippen molar-refractivity contribution in [3.63, 3.8) is 0 Å². The standard InChI is InChI=1S/C8H11NO4/c1-5(13-6(2)10)9-7(11)3-4-8(9)12/h5H,3-4H2,1-2H3. The Kier molecular flexibility index (Phi) is 2.65. The van der Waals surface area contributed by atoms with Gasteiger partial charge in [0.25, 0.3) is 0 Å². The fourth-order valence-corrected chi connectivity index (χ4v) is 1.29. The first-order valence-electron chi connectivity index (χ1n) is 4.04. The number of hydrogen-bond acceptors (Lipinski definition) is 4. The van der Waals surface area contributed by atoms with Crippen LogP contribution in [-0.2, 0) is 19.1 Å². The summed E-state index contributed by atoms with van der Waals surface area (Å²) < 4.78 is 4.72. The van der Waals surface area contributed by atoms with Crippen molar-refractivity contribution in [2.45, 2.75) is 32.9 Å². The summed E-state index contributed by atoms with van der Waals surface area (Å²) in [7, 11) is 0. The quantitative estimate of drug-likeness (QED) is 0.450. The third-order valence-corrected chi connectivity index (χ3v) is 1.79. The van der Waals surface area contributed by atoms with Crippen LogP contribution in [0.4, 0.5) is 0 Å². The Labute approximate surface area is 75.6 Å². The van der Waals surface area contributed by atoms with E-state index in [-0.39, 0.29) is 24.7 Å². The molecule has 1 atom stereocenters. The maximum absolute atomic E-state index is 11.1. The van der Waals surface area contributed by atoms with Crippen LogP contribution in [0.25, 0.3) is 0 Å². The molecule has 0 spiro atoms. The second-order valence-electron chi connectivity index (χ2n) is 2.87. The van der Waals surface area contributed by atoms with E-state index in [1.54, 1.807) is 0 Å². The lowest BCUT2D eigenvalue weighted by molar-refractivity contribution is -0.163. The molecule has 0 saturated carbocycles. The van der Waals surface area contributed by atoms with Crippen LogP contribution in [0, 0.1) is 0 Å². The summed E-state index contributed by atoms with van der Waals surface area (Å²) in [6.07, 6.45) is -0.352. The maximum Gasteiger partial charge on any atom is 0.304 e. The minimum atomic E-state index is -0.778. The van der Waals surface area contributed by atoms with E-state index in [0.717, 1.165) is 4.90 Å². The van der Waals surface area contributed by atoms with Gasteiger partial charge in [0.1, 0.15) is 0 Å². The number of imide groups is 1. The Morgan fingerprint density at radius 3 is 2.23 bits per heavy atom. The van der Waals surface area contributed by atoms with Gasteiger partial charge in [0.15, 0.2) is 6.23 Å². The van der Waals surface area contributed by atoms with Gasteiger partial charge in [0.2, 0.25) is 11.8 Å². The summed E-state index contributed by atoms with van der Waals surface area (Å²) in [5.74, 6) is -1.06. The molecule has 1 saturated heterocycles. The molecule has 0 aromatic carbocycles. The summed E-state index contributed by atoms with van der Waals surface area (Å²) in [6.45, 7) is 2.74. The molecule has 0 radical (unpaired) electrons. The van der Waals surface area contributed by atoms with E-state index in [0.29, 0.717) is 0 Å². The Bertz CT molecular complexity index is 245. The molecule has 0 aliphatic carbocycles. The van der Waals surface area contributed by atoms with Crippen LogP contribution in [0.2, 0.25) is 0 Å². The van der Waals surface area contributed by atoms with Crippen molar-refractivity contribution < 1.29 is 19.1 Å². The number of hydrogen-bond donors (Lipinski definition) is 0. The Balaban J connectivity index is 2.64. The molecule has 1 aliphatic heterocycles. The SMILES string of the molecule is CC(=O)OC(C)N1C(=O)CCC1=O. The summed E-state index contributed by atoms with van der Waals surface area (Å²) in [5, 5.41) is 0. The molecule has 5 nitrogen and oxygen atoms in total. The monoisotopic (exact) mass is 185 g/mol. The minimum Gasteiger partial charge on any atom is -0.441 e. The van der Waals surface area contributed by atoms with Crippen molar-refractivity contribution in [2.75, 3.05) is 0 Å². The molecular weight excluding hydrogens is 174 g/mol. The van der Waals surface area contributed by atoms with Crippen LogP contribution < -0.4 is 0 Å². The van der Waals surface area contributed by atoms with Crippen LogP contribution in [-0.4, -0.2) is 28.9 Å². The van der Waals surface area contributed by atoms with E-state index in [9.17, 15) is 14.4 Å². The van der Waals surface area contributed by atoms with Gasteiger partial charge in [0, 0.05) is 19.8 Å². The molecule has 0 aromatic heterocycles. The second-order valence-corrected chi connectivity index (χ2v) is 2.87. The topological polar surface area (TPSA) is 63.7 Å². The number of carbonyl (C=O) groups is 3. The van der Waals surface area contributed by atoms with Gasteiger partial charge in [-0.25, -0.2) is 4.90 Å². The van der Waals surface area contributed by atoms with Crippen LogP contribution in [0.1, 0.15) is 26.7 Å². The zero-order chi connectivity index (χ0) is 10.0. The van der Waals surface area contributed by atoms with E-state index in [2.05, 4.69) is 0 Å². The molecular formula is C8H11NO4. The van der Waals surface area contributed by atoms with Gasteiger partial charge >= 0.3 is 5.97 Å². The van der Waals surface area contributed by atoms with Crippen LogP contribution in [0.3, 0.4) is 0 Å². The first-order chi connectivity index (χ1) is 6.02. The van der Waals surface area contributed by atoms with Gasteiger partial charge in [0.05, 0.1) is 0 Å². The predicted molar refractivity (Wildman–Crippen MR) is 42.3 cm³/mol. The molecule has 1 aliphatic rings. The Morgan fingerprint density at radius 2 is 1.85 bits per heavy atom. The zero-order valence-corrected chi connectivity index (χ0v) is 7.57. The molecule has 0 aromatic rings. The number of likely N-dealkylation sites (tertiary alicyclic amines) is 1. The van der Waals surface area contributed by atoms with Crippen molar-refractivity contribution in [1.82, 2.24) is 4.90 Å². The first kappa shape index (κ1) is 9.70. The highest BCUT2D eigenvalue weighted by Gasteiger charge is 2.34.